The highest BCUT2D eigenvalue weighted by atomic mass is 16.4. The molecule has 236 valence electrons. The Morgan fingerprint density at radius 3 is 1.86 bits per heavy atom. The van der Waals surface area contributed by atoms with Gasteiger partial charge >= 0.3 is 5.97 Å². The Bertz CT molecular complexity index is 1050. The molecule has 1 aromatic heterocycles. The third-order valence-corrected chi connectivity index (χ3v) is 8.08. The van der Waals surface area contributed by atoms with Gasteiger partial charge in [-0.05, 0) is 30.4 Å². The van der Waals surface area contributed by atoms with Crippen molar-refractivity contribution in [2.24, 2.45) is 5.92 Å². The molecule has 2 rings (SSSR count). The van der Waals surface area contributed by atoms with Crippen molar-refractivity contribution in [2.75, 3.05) is 0 Å². The minimum Gasteiger partial charge on any atom is -0.480 e. The zero-order chi connectivity index (χ0) is 30.6. The molecule has 2 atom stereocenters. The van der Waals surface area contributed by atoms with Gasteiger partial charge in [-0.25, -0.2) is 4.79 Å². The van der Waals surface area contributed by atoms with Gasteiger partial charge in [0, 0.05) is 29.9 Å². The number of carboxylic acid groups (broad SMARTS) is 1. The first-order chi connectivity index (χ1) is 20.3. The first-order valence-electron chi connectivity index (χ1n) is 16.7. The van der Waals surface area contributed by atoms with Crippen LogP contribution in [0.5, 0.6) is 0 Å². The summed E-state index contributed by atoms with van der Waals surface area (Å²) in [6.45, 7) is 6.24. The van der Waals surface area contributed by atoms with Gasteiger partial charge in [0.15, 0.2) is 0 Å². The number of aromatic nitrogens is 1. The topological polar surface area (TPSA) is 111 Å². The maximum Gasteiger partial charge on any atom is 0.326 e. The van der Waals surface area contributed by atoms with E-state index in [0.29, 0.717) is 12.8 Å². The summed E-state index contributed by atoms with van der Waals surface area (Å²) in [6, 6.07) is 5.85. The molecule has 0 saturated carbocycles. The molecule has 0 spiro atoms. The number of hydrogen-bond acceptors (Lipinski definition) is 3. The second-order valence-corrected chi connectivity index (χ2v) is 12.4. The second kappa shape index (κ2) is 21.0. The van der Waals surface area contributed by atoms with Crippen LogP contribution >= 0.6 is 0 Å². The fourth-order valence-electron chi connectivity index (χ4n) is 5.62. The molecule has 0 saturated heterocycles. The van der Waals surface area contributed by atoms with Gasteiger partial charge in [-0.15, -0.1) is 0 Å². The average molecular weight is 584 g/mol. The summed E-state index contributed by atoms with van der Waals surface area (Å²) >= 11 is 0. The van der Waals surface area contributed by atoms with E-state index in [1.54, 1.807) is 6.20 Å². The average Bonchev–Trinajstić information content (AvgIpc) is 3.36. The van der Waals surface area contributed by atoms with Crippen LogP contribution in [0.4, 0.5) is 0 Å². The van der Waals surface area contributed by atoms with Crippen molar-refractivity contribution in [1.82, 2.24) is 15.6 Å². The molecule has 7 nitrogen and oxygen atoms in total. The summed E-state index contributed by atoms with van der Waals surface area (Å²) in [6.07, 6.45) is 21.9. The van der Waals surface area contributed by atoms with Crippen molar-refractivity contribution < 1.29 is 19.5 Å². The molecule has 0 radical (unpaired) electrons. The van der Waals surface area contributed by atoms with E-state index in [2.05, 4.69) is 22.5 Å². The molecule has 0 unspecified atom stereocenters. The SMILES string of the molecule is CCCCCCCCCCCCCCCCCC(=O)N[C@@H](CC(C)C)C(=O)N[C@@H](Cc1c[nH]c2ccccc12)C(=O)O. The van der Waals surface area contributed by atoms with Gasteiger partial charge in [0.05, 0.1) is 0 Å². The molecule has 42 heavy (non-hydrogen) atoms. The quantitative estimate of drug-likeness (QED) is 0.0936. The summed E-state index contributed by atoms with van der Waals surface area (Å²) in [4.78, 5) is 41.0. The molecular formula is C35H57N3O4. The van der Waals surface area contributed by atoms with Gasteiger partial charge in [0.25, 0.3) is 0 Å². The number of para-hydroxylation sites is 1. The fraction of sp³-hybridized carbons (Fsp3) is 0.686. The molecular weight excluding hydrogens is 526 g/mol. The highest BCUT2D eigenvalue weighted by Gasteiger charge is 2.28. The molecule has 7 heteroatoms. The van der Waals surface area contributed by atoms with Gasteiger partial charge in [-0.3, -0.25) is 9.59 Å². The number of carboxylic acids is 1. The number of H-pyrrole nitrogens is 1. The number of aromatic amines is 1. The number of rotatable bonds is 24. The minimum atomic E-state index is -1.10. The highest BCUT2D eigenvalue weighted by molar-refractivity contribution is 5.91. The number of benzene rings is 1. The van der Waals surface area contributed by atoms with Gasteiger partial charge in [-0.2, -0.15) is 0 Å². The van der Waals surface area contributed by atoms with Crippen LogP contribution in [0.2, 0.25) is 0 Å². The number of carbonyl (C=O) groups excluding carboxylic acids is 2. The van der Waals surface area contributed by atoms with E-state index < -0.39 is 24.0 Å². The van der Waals surface area contributed by atoms with Gasteiger partial charge in [0.1, 0.15) is 12.1 Å². The van der Waals surface area contributed by atoms with Crippen LogP contribution in [-0.2, 0) is 20.8 Å². The van der Waals surface area contributed by atoms with Crippen LogP contribution in [0, 0.1) is 5.92 Å². The standard InChI is InChI=1S/C35H57N3O4/c1-4-5-6-7-8-9-10-11-12-13-14-15-16-17-18-23-33(39)37-31(24-27(2)3)34(40)38-32(35(41)42)25-28-26-36-30-22-20-19-21-29(28)30/h19-22,26-27,31-32,36H,4-18,23-25H2,1-3H3,(H,37,39)(H,38,40)(H,41,42)/t31-,32-/m0/s1. The predicted molar refractivity (Wildman–Crippen MR) is 173 cm³/mol. The molecule has 0 aliphatic carbocycles. The summed E-state index contributed by atoms with van der Waals surface area (Å²) < 4.78 is 0. The van der Waals surface area contributed by atoms with E-state index in [9.17, 15) is 19.5 Å². The molecule has 0 aliphatic heterocycles. The second-order valence-electron chi connectivity index (χ2n) is 12.4. The van der Waals surface area contributed by atoms with E-state index in [4.69, 9.17) is 0 Å². The van der Waals surface area contributed by atoms with Crippen molar-refractivity contribution in [1.29, 1.82) is 0 Å². The van der Waals surface area contributed by atoms with E-state index in [-0.39, 0.29) is 18.2 Å². The van der Waals surface area contributed by atoms with Crippen LogP contribution in [0.15, 0.2) is 30.5 Å². The lowest BCUT2D eigenvalue weighted by Crippen LogP contribution is -2.52. The molecule has 2 amide bonds. The number of nitrogens with one attached hydrogen (secondary N) is 3. The Morgan fingerprint density at radius 2 is 1.31 bits per heavy atom. The summed E-state index contributed by atoms with van der Waals surface area (Å²) in [5, 5.41) is 16.3. The van der Waals surface area contributed by atoms with Crippen LogP contribution in [0.3, 0.4) is 0 Å². The Kier molecular flexibility index (Phi) is 17.6. The maximum absolute atomic E-state index is 13.1. The van der Waals surface area contributed by atoms with E-state index in [0.717, 1.165) is 35.7 Å². The lowest BCUT2D eigenvalue weighted by atomic mass is 10.0. The largest absolute Gasteiger partial charge is 0.480 e. The smallest absolute Gasteiger partial charge is 0.326 e. The first kappa shape index (κ1) is 35.4. The molecule has 1 aromatic carbocycles. The number of unbranched alkanes of at least 4 members (excludes halogenated alkanes) is 14. The fourth-order valence-corrected chi connectivity index (χ4v) is 5.62. The lowest BCUT2D eigenvalue weighted by molar-refractivity contribution is -0.142. The maximum atomic E-state index is 13.1. The third kappa shape index (κ3) is 14.4. The number of hydrogen-bond donors (Lipinski definition) is 4. The van der Waals surface area contributed by atoms with Crippen molar-refractivity contribution >= 4 is 28.7 Å². The predicted octanol–water partition coefficient (Wildman–Crippen LogP) is 8.07. The van der Waals surface area contributed by atoms with Crippen molar-refractivity contribution in [3.63, 3.8) is 0 Å². The van der Waals surface area contributed by atoms with Gasteiger partial charge < -0.3 is 20.7 Å². The minimum absolute atomic E-state index is 0.144. The van der Waals surface area contributed by atoms with Crippen molar-refractivity contribution in [2.45, 2.75) is 148 Å². The summed E-state index contributed by atoms with van der Waals surface area (Å²) in [7, 11) is 0. The Balaban J connectivity index is 1.65. The number of carbonyl (C=O) groups is 3. The summed E-state index contributed by atoms with van der Waals surface area (Å²) in [5.41, 5.74) is 1.75. The highest BCUT2D eigenvalue weighted by Crippen LogP contribution is 2.19. The third-order valence-electron chi connectivity index (χ3n) is 8.08. The van der Waals surface area contributed by atoms with Crippen LogP contribution < -0.4 is 10.6 Å². The monoisotopic (exact) mass is 583 g/mol. The Morgan fingerprint density at radius 1 is 0.762 bits per heavy atom. The van der Waals surface area contributed by atoms with Gasteiger partial charge in [0.2, 0.25) is 11.8 Å². The number of amides is 2. The van der Waals surface area contributed by atoms with Crippen molar-refractivity contribution in [3.8, 4) is 0 Å². The van der Waals surface area contributed by atoms with Crippen LogP contribution in [0.1, 0.15) is 135 Å². The molecule has 1 heterocycles. The van der Waals surface area contributed by atoms with E-state index in [1.807, 2.05) is 38.1 Å². The zero-order valence-corrected chi connectivity index (χ0v) is 26.5. The number of fused-ring (bicyclic) bond motifs is 1. The van der Waals surface area contributed by atoms with E-state index in [1.165, 1.54) is 77.0 Å². The molecule has 2 aromatic rings. The van der Waals surface area contributed by atoms with Gasteiger partial charge in [-0.1, -0.05) is 129 Å². The van der Waals surface area contributed by atoms with Crippen LogP contribution in [-0.4, -0.2) is 40.0 Å². The Hall–Kier alpha value is -2.83. The Labute approximate surface area is 254 Å². The van der Waals surface area contributed by atoms with Crippen LogP contribution in [0.25, 0.3) is 10.9 Å². The zero-order valence-electron chi connectivity index (χ0n) is 26.5. The first-order valence-corrected chi connectivity index (χ1v) is 16.7. The normalized spacial score (nSPS) is 12.9. The molecule has 0 aliphatic rings. The number of aliphatic carboxylic acids is 1. The molecule has 0 fully saturated rings. The summed E-state index contributed by atoms with van der Waals surface area (Å²) in [5.74, 6) is -1.51. The molecule has 0 bridgehead atoms. The molecule has 4 N–H and O–H groups in total. The van der Waals surface area contributed by atoms with Crippen molar-refractivity contribution in [3.05, 3.63) is 36.0 Å². The van der Waals surface area contributed by atoms with E-state index >= 15 is 0 Å². The lowest BCUT2D eigenvalue weighted by Gasteiger charge is -2.23.